The highest BCUT2D eigenvalue weighted by Gasteiger charge is 2.34. The summed E-state index contributed by atoms with van der Waals surface area (Å²) in [5, 5.41) is 9.03. The van der Waals surface area contributed by atoms with Crippen LogP contribution in [-0.2, 0) is 4.79 Å². The minimum absolute atomic E-state index is 0.326. The van der Waals surface area contributed by atoms with Gasteiger partial charge in [0.15, 0.2) is 0 Å². The molecule has 90 valence electrons. The first-order chi connectivity index (χ1) is 7.94. The number of anilines is 1. The van der Waals surface area contributed by atoms with Gasteiger partial charge in [-0.25, -0.2) is 4.39 Å². The molecule has 4 heteroatoms. The highest BCUT2D eigenvalue weighted by Crippen LogP contribution is 2.25. The SMILES string of the molecule is CCC(C)(C#N)C(=O)N(C)c1cccc(F)c1. The van der Waals surface area contributed by atoms with E-state index in [-0.39, 0.29) is 5.91 Å². The van der Waals surface area contributed by atoms with Crippen LogP contribution in [0, 0.1) is 22.6 Å². The van der Waals surface area contributed by atoms with Gasteiger partial charge < -0.3 is 4.90 Å². The standard InChI is InChI=1S/C13H15FN2O/c1-4-13(2,9-15)12(17)16(3)11-7-5-6-10(14)8-11/h5-8H,4H2,1-3H3. The molecule has 0 N–H and O–H groups in total. The molecule has 1 atom stereocenters. The lowest BCUT2D eigenvalue weighted by molar-refractivity contribution is -0.124. The summed E-state index contributed by atoms with van der Waals surface area (Å²) in [6.45, 7) is 3.37. The normalized spacial score (nSPS) is 13.6. The Morgan fingerprint density at radius 2 is 2.24 bits per heavy atom. The molecule has 0 heterocycles. The van der Waals surface area contributed by atoms with Crippen molar-refractivity contribution in [2.75, 3.05) is 11.9 Å². The van der Waals surface area contributed by atoms with E-state index in [4.69, 9.17) is 5.26 Å². The predicted molar refractivity (Wildman–Crippen MR) is 63.8 cm³/mol. The van der Waals surface area contributed by atoms with Gasteiger partial charge >= 0.3 is 0 Å². The summed E-state index contributed by atoms with van der Waals surface area (Å²) in [6, 6.07) is 7.75. The van der Waals surface area contributed by atoms with Crippen molar-refractivity contribution in [3.63, 3.8) is 0 Å². The molecule has 0 fully saturated rings. The molecule has 1 amide bonds. The van der Waals surface area contributed by atoms with Crippen LogP contribution < -0.4 is 4.90 Å². The van der Waals surface area contributed by atoms with Crippen molar-refractivity contribution in [1.82, 2.24) is 0 Å². The first-order valence-electron chi connectivity index (χ1n) is 5.39. The highest BCUT2D eigenvalue weighted by atomic mass is 19.1. The zero-order valence-corrected chi connectivity index (χ0v) is 10.2. The van der Waals surface area contributed by atoms with Crippen LogP contribution in [0.15, 0.2) is 24.3 Å². The zero-order valence-electron chi connectivity index (χ0n) is 10.2. The number of carbonyl (C=O) groups is 1. The van der Waals surface area contributed by atoms with Crippen molar-refractivity contribution < 1.29 is 9.18 Å². The van der Waals surface area contributed by atoms with Crippen LogP contribution in [0.4, 0.5) is 10.1 Å². The smallest absolute Gasteiger partial charge is 0.246 e. The Morgan fingerprint density at radius 1 is 1.59 bits per heavy atom. The van der Waals surface area contributed by atoms with Crippen LogP contribution in [0.5, 0.6) is 0 Å². The summed E-state index contributed by atoms with van der Waals surface area (Å²) in [5.41, 5.74) is -0.619. The molecule has 0 radical (unpaired) electrons. The van der Waals surface area contributed by atoms with E-state index in [9.17, 15) is 9.18 Å². The first kappa shape index (κ1) is 13.2. The van der Waals surface area contributed by atoms with E-state index in [2.05, 4.69) is 0 Å². The maximum atomic E-state index is 13.0. The third-order valence-electron chi connectivity index (χ3n) is 2.93. The number of benzene rings is 1. The largest absolute Gasteiger partial charge is 0.314 e. The minimum atomic E-state index is -1.07. The molecule has 1 unspecified atom stereocenters. The Balaban J connectivity index is 3.03. The molecule has 17 heavy (non-hydrogen) atoms. The van der Waals surface area contributed by atoms with Gasteiger partial charge in [-0.15, -0.1) is 0 Å². The topological polar surface area (TPSA) is 44.1 Å². The van der Waals surface area contributed by atoms with Crippen molar-refractivity contribution in [3.05, 3.63) is 30.1 Å². The Hall–Kier alpha value is -1.89. The molecule has 0 saturated carbocycles. The number of carbonyl (C=O) groups excluding carboxylic acids is 1. The molecular weight excluding hydrogens is 219 g/mol. The average Bonchev–Trinajstić information content (AvgIpc) is 2.36. The second kappa shape index (κ2) is 4.96. The Bertz CT molecular complexity index is 467. The fourth-order valence-electron chi connectivity index (χ4n) is 1.45. The van der Waals surface area contributed by atoms with Crippen molar-refractivity contribution in [2.45, 2.75) is 20.3 Å². The van der Waals surface area contributed by atoms with Crippen molar-refractivity contribution >= 4 is 11.6 Å². The molecule has 0 spiro atoms. The third kappa shape index (κ3) is 2.62. The van der Waals surface area contributed by atoms with E-state index in [0.717, 1.165) is 0 Å². The maximum absolute atomic E-state index is 13.0. The van der Waals surface area contributed by atoms with E-state index in [1.165, 1.54) is 23.1 Å². The van der Waals surface area contributed by atoms with Gasteiger partial charge in [0.2, 0.25) is 5.91 Å². The molecule has 0 aliphatic rings. The lowest BCUT2D eigenvalue weighted by atomic mass is 9.88. The number of nitrogens with zero attached hydrogens (tertiary/aromatic N) is 2. The van der Waals surface area contributed by atoms with Gasteiger partial charge in [-0.1, -0.05) is 13.0 Å². The molecule has 1 rings (SSSR count). The summed E-state index contributed by atoms with van der Waals surface area (Å²) in [5.74, 6) is -0.731. The molecule has 0 aliphatic carbocycles. The van der Waals surface area contributed by atoms with Crippen molar-refractivity contribution in [1.29, 1.82) is 5.26 Å². The molecule has 0 saturated heterocycles. The van der Waals surface area contributed by atoms with E-state index in [1.54, 1.807) is 27.0 Å². The van der Waals surface area contributed by atoms with Gasteiger partial charge in [0.25, 0.3) is 0 Å². The monoisotopic (exact) mass is 234 g/mol. The number of nitriles is 1. The number of hydrogen-bond acceptors (Lipinski definition) is 2. The second-order valence-corrected chi connectivity index (χ2v) is 4.14. The van der Waals surface area contributed by atoms with Crippen molar-refractivity contribution in [3.8, 4) is 6.07 Å². The third-order valence-corrected chi connectivity index (χ3v) is 2.93. The van der Waals surface area contributed by atoms with Crippen LogP contribution >= 0.6 is 0 Å². The Labute approximate surface area is 100 Å². The molecular formula is C13H15FN2O. The summed E-state index contributed by atoms with van der Waals surface area (Å²) >= 11 is 0. The van der Waals surface area contributed by atoms with Gasteiger partial charge in [-0.05, 0) is 31.5 Å². The maximum Gasteiger partial charge on any atom is 0.246 e. The lowest BCUT2D eigenvalue weighted by Crippen LogP contribution is -2.39. The van der Waals surface area contributed by atoms with Crippen LogP contribution in [0.2, 0.25) is 0 Å². The lowest BCUT2D eigenvalue weighted by Gasteiger charge is -2.26. The van der Waals surface area contributed by atoms with E-state index in [1.807, 2.05) is 6.07 Å². The predicted octanol–water partition coefficient (Wildman–Crippen LogP) is 2.73. The quantitative estimate of drug-likeness (QED) is 0.807. The van der Waals surface area contributed by atoms with Crippen LogP contribution in [-0.4, -0.2) is 13.0 Å². The van der Waals surface area contributed by atoms with Gasteiger partial charge in [-0.2, -0.15) is 5.26 Å². The van der Waals surface area contributed by atoms with Gasteiger partial charge in [0.05, 0.1) is 6.07 Å². The fourth-order valence-corrected chi connectivity index (χ4v) is 1.45. The van der Waals surface area contributed by atoms with E-state index in [0.29, 0.717) is 12.1 Å². The average molecular weight is 234 g/mol. The number of amides is 1. The molecule has 3 nitrogen and oxygen atoms in total. The van der Waals surface area contributed by atoms with E-state index < -0.39 is 11.2 Å². The van der Waals surface area contributed by atoms with Crippen molar-refractivity contribution in [2.24, 2.45) is 5.41 Å². The van der Waals surface area contributed by atoms with Gasteiger partial charge in [0.1, 0.15) is 11.2 Å². The number of halogens is 1. The highest BCUT2D eigenvalue weighted by molar-refractivity contribution is 5.98. The van der Waals surface area contributed by atoms with Crippen LogP contribution in [0.3, 0.4) is 0 Å². The van der Waals surface area contributed by atoms with Crippen LogP contribution in [0.1, 0.15) is 20.3 Å². The molecule has 0 aromatic heterocycles. The number of rotatable bonds is 3. The first-order valence-corrected chi connectivity index (χ1v) is 5.39. The van der Waals surface area contributed by atoms with Crippen LogP contribution in [0.25, 0.3) is 0 Å². The minimum Gasteiger partial charge on any atom is -0.314 e. The van der Waals surface area contributed by atoms with E-state index >= 15 is 0 Å². The fraction of sp³-hybridized carbons (Fsp3) is 0.385. The molecule has 0 aliphatic heterocycles. The summed E-state index contributed by atoms with van der Waals surface area (Å²) in [6.07, 6.45) is 0.419. The molecule has 1 aromatic carbocycles. The van der Waals surface area contributed by atoms with Gasteiger partial charge in [0, 0.05) is 12.7 Å². The Morgan fingerprint density at radius 3 is 2.71 bits per heavy atom. The summed E-state index contributed by atoms with van der Waals surface area (Å²) < 4.78 is 13.0. The molecule has 1 aromatic rings. The summed E-state index contributed by atoms with van der Waals surface area (Å²) in [7, 11) is 1.54. The second-order valence-electron chi connectivity index (χ2n) is 4.14. The van der Waals surface area contributed by atoms with Gasteiger partial charge in [-0.3, -0.25) is 4.79 Å². The zero-order chi connectivity index (χ0) is 13.1. The molecule has 0 bridgehead atoms. The summed E-state index contributed by atoms with van der Waals surface area (Å²) in [4.78, 5) is 13.4. The number of hydrogen-bond donors (Lipinski definition) is 0. The Kier molecular flexibility index (Phi) is 3.84.